The lowest BCUT2D eigenvalue weighted by Crippen LogP contribution is -2.43. The third-order valence-electron chi connectivity index (χ3n) is 11.0. The number of hydrogen-bond acceptors (Lipinski definition) is 1. The van der Waals surface area contributed by atoms with Crippen LogP contribution in [0, 0.1) is 0 Å². The van der Waals surface area contributed by atoms with Gasteiger partial charge in [-0.15, -0.1) is 0 Å². The lowest BCUT2D eigenvalue weighted by atomic mass is 9.52. The molecule has 3 aliphatic rings. The number of hydrogen-bond donors (Lipinski definition) is 0. The summed E-state index contributed by atoms with van der Waals surface area (Å²) in [5.41, 5.74) is 16.0. The molecular formula is C44H25ClO. The van der Waals surface area contributed by atoms with E-state index in [9.17, 15) is 0 Å². The van der Waals surface area contributed by atoms with Crippen molar-refractivity contribution in [2.24, 2.45) is 0 Å². The van der Waals surface area contributed by atoms with Crippen molar-refractivity contribution in [3.63, 3.8) is 0 Å². The molecule has 0 aliphatic heterocycles. The largest absolute Gasteiger partial charge is 0.456 e. The third kappa shape index (κ3) is 2.65. The van der Waals surface area contributed by atoms with Crippen molar-refractivity contribution in [1.29, 1.82) is 0 Å². The van der Waals surface area contributed by atoms with E-state index in [2.05, 4.69) is 140 Å². The smallest absolute Gasteiger partial charge is 0.136 e. The standard InChI is InChI=1S/C44H25ClO/c45-39-22-11-21-37-42(39)30-25-41-29(28-14-3-10-23-40(28)46-41)24-38(30)44(37)35-19-8-6-17-33(35)43(34-18-7-9-20-36(34)44)31-15-4-1-12-26(31)27-13-2-5-16-32(27)43/h1-25H. The van der Waals surface area contributed by atoms with Crippen LogP contribution in [0.5, 0.6) is 0 Å². The van der Waals surface area contributed by atoms with Crippen LogP contribution in [0.3, 0.4) is 0 Å². The molecule has 1 aromatic heterocycles. The molecule has 11 rings (SSSR count). The summed E-state index contributed by atoms with van der Waals surface area (Å²) >= 11 is 7.21. The Morgan fingerprint density at radius 3 is 1.50 bits per heavy atom. The summed E-state index contributed by atoms with van der Waals surface area (Å²) in [6, 6.07) is 55.8. The minimum Gasteiger partial charge on any atom is -0.456 e. The van der Waals surface area contributed by atoms with Crippen molar-refractivity contribution >= 4 is 33.5 Å². The minimum atomic E-state index is -0.576. The number of halogens is 1. The van der Waals surface area contributed by atoms with E-state index in [-0.39, 0.29) is 0 Å². The van der Waals surface area contributed by atoms with Crippen LogP contribution >= 0.6 is 11.6 Å². The summed E-state index contributed by atoms with van der Waals surface area (Å²) in [5, 5.41) is 3.02. The van der Waals surface area contributed by atoms with E-state index in [4.69, 9.17) is 16.0 Å². The second-order valence-electron chi connectivity index (χ2n) is 12.8. The lowest BCUT2D eigenvalue weighted by Gasteiger charge is -2.48. The number of rotatable bonds is 0. The van der Waals surface area contributed by atoms with Gasteiger partial charge in [-0.1, -0.05) is 139 Å². The fourth-order valence-electron chi connectivity index (χ4n) is 9.50. The highest BCUT2D eigenvalue weighted by atomic mass is 35.5. The Hall–Kier alpha value is -5.37. The van der Waals surface area contributed by atoms with E-state index in [1.165, 1.54) is 55.6 Å². The number of para-hydroxylation sites is 1. The highest BCUT2D eigenvalue weighted by Gasteiger charge is 2.59. The van der Waals surface area contributed by atoms with Crippen molar-refractivity contribution in [2.75, 3.05) is 0 Å². The zero-order chi connectivity index (χ0) is 30.2. The van der Waals surface area contributed by atoms with Crippen molar-refractivity contribution in [2.45, 2.75) is 10.8 Å². The fraction of sp³-hybridized carbons (Fsp3) is 0.0455. The minimum absolute atomic E-state index is 0.459. The maximum absolute atomic E-state index is 7.21. The van der Waals surface area contributed by atoms with E-state index >= 15 is 0 Å². The first-order valence-electron chi connectivity index (χ1n) is 15.9. The van der Waals surface area contributed by atoms with E-state index in [1.54, 1.807) is 0 Å². The van der Waals surface area contributed by atoms with E-state index in [0.29, 0.717) is 0 Å². The topological polar surface area (TPSA) is 13.1 Å². The number of furan rings is 1. The first kappa shape index (κ1) is 24.9. The Morgan fingerprint density at radius 1 is 0.370 bits per heavy atom. The summed E-state index contributed by atoms with van der Waals surface area (Å²) in [5.74, 6) is 0. The van der Waals surface area contributed by atoms with Gasteiger partial charge in [-0.2, -0.15) is 0 Å². The molecular weight excluding hydrogens is 580 g/mol. The Balaban J connectivity index is 1.37. The van der Waals surface area contributed by atoms with E-state index < -0.39 is 10.8 Å². The van der Waals surface area contributed by atoms with Crippen molar-refractivity contribution in [3.8, 4) is 22.3 Å². The first-order valence-corrected chi connectivity index (χ1v) is 16.3. The van der Waals surface area contributed by atoms with Gasteiger partial charge in [0.1, 0.15) is 11.2 Å². The molecule has 3 aliphatic carbocycles. The van der Waals surface area contributed by atoms with Gasteiger partial charge in [0.2, 0.25) is 0 Å². The fourth-order valence-corrected chi connectivity index (χ4v) is 9.78. The predicted octanol–water partition coefficient (Wildman–Crippen LogP) is 11.3. The SMILES string of the molecule is Clc1cccc2c1-c1cc3oc4ccccc4c3cc1C21c2ccccc2C2(c3ccccc3-c3ccccc32)c2ccccc21. The van der Waals surface area contributed by atoms with Gasteiger partial charge in [0, 0.05) is 21.4 Å². The summed E-state index contributed by atoms with van der Waals surface area (Å²) in [6.45, 7) is 0. The van der Waals surface area contributed by atoms with E-state index in [1.807, 2.05) is 12.1 Å². The van der Waals surface area contributed by atoms with Crippen molar-refractivity contribution in [1.82, 2.24) is 0 Å². The summed E-state index contributed by atoms with van der Waals surface area (Å²) in [4.78, 5) is 0. The van der Waals surface area contributed by atoms with Gasteiger partial charge in [0.15, 0.2) is 0 Å². The average Bonchev–Trinajstić information content (AvgIpc) is 3.72. The summed E-state index contributed by atoms with van der Waals surface area (Å²) in [6.07, 6.45) is 0. The van der Waals surface area contributed by atoms with Gasteiger partial charge in [0.05, 0.1) is 10.8 Å². The van der Waals surface area contributed by atoms with Crippen LogP contribution in [0.1, 0.15) is 44.5 Å². The quantitative estimate of drug-likeness (QED) is 0.168. The molecule has 1 nitrogen and oxygen atoms in total. The molecule has 0 unspecified atom stereocenters. The van der Waals surface area contributed by atoms with Gasteiger partial charge in [0.25, 0.3) is 0 Å². The van der Waals surface area contributed by atoms with Gasteiger partial charge >= 0.3 is 0 Å². The molecule has 7 aromatic carbocycles. The summed E-state index contributed by atoms with van der Waals surface area (Å²) in [7, 11) is 0. The molecule has 0 bridgehead atoms. The molecule has 0 saturated carbocycles. The van der Waals surface area contributed by atoms with Crippen LogP contribution in [0.25, 0.3) is 44.2 Å². The van der Waals surface area contributed by atoms with Crippen LogP contribution in [0.2, 0.25) is 5.02 Å². The lowest BCUT2D eigenvalue weighted by molar-refractivity contribution is 0.632. The number of benzene rings is 7. The van der Waals surface area contributed by atoms with Gasteiger partial charge in [-0.3, -0.25) is 0 Å². The molecule has 0 saturated heterocycles. The molecule has 8 aromatic rings. The highest BCUT2D eigenvalue weighted by molar-refractivity contribution is 6.34. The Labute approximate surface area is 271 Å². The van der Waals surface area contributed by atoms with Gasteiger partial charge in [-0.25, -0.2) is 0 Å². The average molecular weight is 605 g/mol. The van der Waals surface area contributed by atoms with Crippen molar-refractivity contribution < 1.29 is 4.42 Å². The molecule has 46 heavy (non-hydrogen) atoms. The summed E-state index contributed by atoms with van der Waals surface area (Å²) < 4.78 is 6.46. The molecule has 2 heteroatoms. The van der Waals surface area contributed by atoms with Gasteiger partial charge in [-0.05, 0) is 85.5 Å². The molecule has 0 atom stereocenters. The molecule has 214 valence electrons. The second-order valence-corrected chi connectivity index (χ2v) is 13.2. The molecule has 0 amide bonds. The number of fused-ring (bicyclic) bond motifs is 19. The molecule has 2 spiro atoms. The zero-order valence-electron chi connectivity index (χ0n) is 24.7. The first-order chi connectivity index (χ1) is 22.7. The third-order valence-corrected chi connectivity index (χ3v) is 11.3. The van der Waals surface area contributed by atoms with Crippen LogP contribution < -0.4 is 0 Å². The van der Waals surface area contributed by atoms with E-state index in [0.717, 1.165) is 38.1 Å². The molecule has 0 fully saturated rings. The molecule has 0 radical (unpaired) electrons. The molecule has 0 N–H and O–H groups in total. The monoisotopic (exact) mass is 604 g/mol. The predicted molar refractivity (Wildman–Crippen MR) is 187 cm³/mol. The van der Waals surface area contributed by atoms with Crippen LogP contribution in [0.15, 0.2) is 156 Å². The Bertz CT molecular complexity index is 2530. The van der Waals surface area contributed by atoms with Crippen LogP contribution in [-0.4, -0.2) is 0 Å². The van der Waals surface area contributed by atoms with Crippen LogP contribution in [0.4, 0.5) is 0 Å². The Kier molecular flexibility index (Phi) is 4.58. The second kappa shape index (κ2) is 8.46. The van der Waals surface area contributed by atoms with Crippen LogP contribution in [-0.2, 0) is 10.8 Å². The van der Waals surface area contributed by atoms with Gasteiger partial charge < -0.3 is 4.42 Å². The highest BCUT2D eigenvalue weighted by Crippen LogP contribution is 2.68. The molecule has 1 heterocycles. The van der Waals surface area contributed by atoms with Crippen molar-refractivity contribution in [3.05, 3.63) is 201 Å². The normalized spacial score (nSPS) is 15.4. The zero-order valence-corrected chi connectivity index (χ0v) is 25.5. The maximum Gasteiger partial charge on any atom is 0.136 e. The Morgan fingerprint density at radius 2 is 0.870 bits per heavy atom. The maximum atomic E-state index is 7.21.